The molecule has 1 aliphatic rings. The Morgan fingerprint density at radius 1 is 1.19 bits per heavy atom. The van der Waals surface area contributed by atoms with Crippen LogP contribution in [0.5, 0.6) is 5.88 Å². The molecule has 0 spiro atoms. The van der Waals surface area contributed by atoms with Crippen LogP contribution in [0.1, 0.15) is 62.8 Å². The average molecular weight is 632 g/mol. The number of amides is 1. The third-order valence-electron chi connectivity index (χ3n) is 7.26. The highest BCUT2D eigenvalue weighted by atomic mass is 35.5. The zero-order valence-electron chi connectivity index (χ0n) is 24.7. The Morgan fingerprint density at radius 2 is 1.95 bits per heavy atom. The summed E-state index contributed by atoms with van der Waals surface area (Å²) in [4.78, 5) is 22.3. The second-order valence-corrected chi connectivity index (χ2v) is 13.4. The topological polar surface area (TPSA) is 114 Å². The highest BCUT2D eigenvalue weighted by molar-refractivity contribution is 7.89. The summed E-state index contributed by atoms with van der Waals surface area (Å²) < 4.78 is 48.0. The summed E-state index contributed by atoms with van der Waals surface area (Å²) in [6.45, 7) is 7.08. The molecule has 9 nitrogen and oxygen atoms in total. The lowest BCUT2D eigenvalue weighted by Crippen LogP contribution is -2.54. The van der Waals surface area contributed by atoms with E-state index in [4.69, 9.17) is 16.3 Å². The molecule has 2 aromatic carbocycles. The molecule has 1 fully saturated rings. The molecular formula is C31H39ClFN5O4S. The van der Waals surface area contributed by atoms with E-state index in [1.165, 1.54) is 12.3 Å². The number of benzene rings is 2. The van der Waals surface area contributed by atoms with Gasteiger partial charge in [-0.2, -0.15) is 4.31 Å². The Bertz CT molecular complexity index is 1470. The summed E-state index contributed by atoms with van der Waals surface area (Å²) in [5.74, 6) is -0.762. The Balaban J connectivity index is 1.52. The number of anilines is 1. The molecule has 0 bridgehead atoms. The van der Waals surface area contributed by atoms with Gasteiger partial charge in [0.2, 0.25) is 21.8 Å². The summed E-state index contributed by atoms with van der Waals surface area (Å²) in [6, 6.07) is 11.4. The fraction of sp³-hybridized carbons (Fsp3) is 0.452. The van der Waals surface area contributed by atoms with Crippen LogP contribution in [0.3, 0.4) is 0 Å². The number of piperazine rings is 1. The van der Waals surface area contributed by atoms with Crippen LogP contribution in [0, 0.1) is 5.82 Å². The van der Waals surface area contributed by atoms with E-state index >= 15 is 4.39 Å². The number of aromatic nitrogens is 2. The van der Waals surface area contributed by atoms with Crippen molar-refractivity contribution in [2.45, 2.75) is 64.5 Å². The third kappa shape index (κ3) is 8.95. The van der Waals surface area contributed by atoms with E-state index in [1.54, 1.807) is 34.8 Å². The summed E-state index contributed by atoms with van der Waals surface area (Å²) in [6.07, 6.45) is 4.28. The van der Waals surface area contributed by atoms with Crippen LogP contribution in [-0.4, -0.2) is 66.1 Å². The maximum Gasteiger partial charge on any atom is 0.232 e. The van der Waals surface area contributed by atoms with Gasteiger partial charge in [-0.05, 0) is 62.9 Å². The Hall–Kier alpha value is -3.12. The van der Waals surface area contributed by atoms with Gasteiger partial charge < -0.3 is 15.4 Å². The minimum absolute atomic E-state index is 0.0201. The Kier molecular flexibility index (Phi) is 11.5. The fourth-order valence-corrected chi connectivity index (χ4v) is 7.13. The van der Waals surface area contributed by atoms with Crippen LogP contribution in [0.2, 0.25) is 5.02 Å². The van der Waals surface area contributed by atoms with Crippen molar-refractivity contribution in [3.63, 3.8) is 0 Å². The molecule has 0 radical (unpaired) electrons. The normalized spacial score (nSPS) is 16.7. The van der Waals surface area contributed by atoms with Gasteiger partial charge in [0, 0.05) is 54.3 Å². The first-order valence-electron chi connectivity index (χ1n) is 14.6. The van der Waals surface area contributed by atoms with Crippen molar-refractivity contribution in [3.05, 3.63) is 82.5 Å². The highest BCUT2D eigenvalue weighted by Crippen LogP contribution is 2.30. The van der Waals surface area contributed by atoms with E-state index in [-0.39, 0.29) is 36.6 Å². The van der Waals surface area contributed by atoms with Crippen LogP contribution in [0.4, 0.5) is 10.1 Å². The van der Waals surface area contributed by atoms with Crippen LogP contribution in [0.15, 0.2) is 54.9 Å². The van der Waals surface area contributed by atoms with Crippen LogP contribution < -0.4 is 15.4 Å². The molecule has 1 aliphatic heterocycles. The molecule has 12 heteroatoms. The largest absolute Gasteiger partial charge is 0.474 e. The van der Waals surface area contributed by atoms with Gasteiger partial charge in [0.15, 0.2) is 0 Å². The van der Waals surface area contributed by atoms with Crippen molar-refractivity contribution in [1.29, 1.82) is 0 Å². The highest BCUT2D eigenvalue weighted by Gasteiger charge is 2.31. The lowest BCUT2D eigenvalue weighted by atomic mass is 9.92. The minimum atomic E-state index is -3.40. The van der Waals surface area contributed by atoms with E-state index < -0.39 is 21.8 Å². The van der Waals surface area contributed by atoms with Crippen molar-refractivity contribution in [2.75, 3.05) is 30.7 Å². The number of nitrogens with one attached hydrogen (secondary N) is 2. The molecule has 2 N–H and O–H groups in total. The number of carbonyl (C=O) groups is 1. The molecule has 0 aliphatic carbocycles. The van der Waals surface area contributed by atoms with Gasteiger partial charge in [0.05, 0.1) is 29.9 Å². The first-order chi connectivity index (χ1) is 20.6. The van der Waals surface area contributed by atoms with Gasteiger partial charge in [0.25, 0.3) is 0 Å². The number of halogens is 2. The van der Waals surface area contributed by atoms with Crippen molar-refractivity contribution in [1.82, 2.24) is 19.6 Å². The van der Waals surface area contributed by atoms with Gasteiger partial charge >= 0.3 is 0 Å². The molecule has 1 saturated heterocycles. The summed E-state index contributed by atoms with van der Waals surface area (Å²) in [5.41, 5.74) is 2.10. The number of ether oxygens (including phenoxy) is 1. The molecule has 4 rings (SSSR count). The fourth-order valence-electron chi connectivity index (χ4n) is 5.25. The van der Waals surface area contributed by atoms with E-state index in [9.17, 15) is 13.2 Å². The predicted octanol–water partition coefficient (Wildman–Crippen LogP) is 5.16. The van der Waals surface area contributed by atoms with Crippen molar-refractivity contribution >= 4 is 33.2 Å². The Labute approximate surface area is 258 Å². The number of sulfonamides is 1. The van der Waals surface area contributed by atoms with E-state index in [0.29, 0.717) is 60.3 Å². The molecule has 1 aromatic heterocycles. The monoisotopic (exact) mass is 631 g/mol. The standard InChI is InChI=1S/C31H39ClFN5O4S/c1-4-16-43(40,41)38-15-14-34-18-24(38)12-13-25-27(33)6-5-7-28(25)37-30(39)17-26(22-8-10-23(32)11-9-22)29-19-36-31(20-35-29)42-21(2)3/h5-11,19-21,24,26,34H,4,12-18H2,1-3H3,(H,37,39)/t24-,26-/m0/s1. The maximum absolute atomic E-state index is 15.1. The smallest absolute Gasteiger partial charge is 0.232 e. The zero-order valence-corrected chi connectivity index (χ0v) is 26.3. The molecule has 0 unspecified atom stereocenters. The first kappa shape index (κ1) is 32.8. The predicted molar refractivity (Wildman–Crippen MR) is 167 cm³/mol. The maximum atomic E-state index is 15.1. The van der Waals surface area contributed by atoms with Crippen LogP contribution >= 0.6 is 11.6 Å². The van der Waals surface area contributed by atoms with Crippen LogP contribution in [0.25, 0.3) is 0 Å². The third-order valence-corrected chi connectivity index (χ3v) is 9.63. The summed E-state index contributed by atoms with van der Waals surface area (Å²) in [7, 11) is -3.40. The van der Waals surface area contributed by atoms with Gasteiger partial charge in [-0.3, -0.25) is 9.78 Å². The molecule has 43 heavy (non-hydrogen) atoms. The number of rotatable bonds is 13. The molecule has 3 aromatic rings. The molecule has 2 atom stereocenters. The SMILES string of the molecule is CCCS(=O)(=O)N1CCNC[C@@H]1CCc1c(F)cccc1NC(=O)C[C@@H](c1ccc(Cl)cc1)c1cnc(OC(C)C)cn1. The number of hydrogen-bond donors (Lipinski definition) is 2. The molecule has 1 amide bonds. The molecule has 0 saturated carbocycles. The molecule has 232 valence electrons. The second kappa shape index (κ2) is 15.1. The van der Waals surface area contributed by atoms with Gasteiger partial charge in [-0.15, -0.1) is 0 Å². The van der Waals surface area contributed by atoms with E-state index in [0.717, 1.165) is 5.56 Å². The lowest BCUT2D eigenvalue weighted by molar-refractivity contribution is -0.116. The van der Waals surface area contributed by atoms with Gasteiger partial charge in [-0.25, -0.2) is 17.8 Å². The lowest BCUT2D eigenvalue weighted by Gasteiger charge is -2.35. The first-order valence-corrected chi connectivity index (χ1v) is 16.6. The van der Waals surface area contributed by atoms with Gasteiger partial charge in [-0.1, -0.05) is 36.7 Å². The quantitative estimate of drug-likeness (QED) is 0.268. The van der Waals surface area contributed by atoms with E-state index in [1.807, 2.05) is 32.9 Å². The Morgan fingerprint density at radius 3 is 2.63 bits per heavy atom. The van der Waals surface area contributed by atoms with Crippen molar-refractivity contribution in [3.8, 4) is 5.88 Å². The number of hydrogen-bond acceptors (Lipinski definition) is 7. The van der Waals surface area contributed by atoms with Crippen LogP contribution in [-0.2, 0) is 21.2 Å². The summed E-state index contributed by atoms with van der Waals surface area (Å²) in [5, 5.41) is 6.71. The zero-order chi connectivity index (χ0) is 31.0. The summed E-state index contributed by atoms with van der Waals surface area (Å²) >= 11 is 6.11. The molecular weight excluding hydrogens is 593 g/mol. The minimum Gasteiger partial charge on any atom is -0.474 e. The second-order valence-electron chi connectivity index (χ2n) is 10.9. The average Bonchev–Trinajstić information content (AvgIpc) is 2.96. The molecule has 2 heterocycles. The van der Waals surface area contributed by atoms with Crippen molar-refractivity contribution < 1.29 is 22.3 Å². The van der Waals surface area contributed by atoms with Gasteiger partial charge in [0.1, 0.15) is 5.82 Å². The number of nitrogens with zero attached hydrogens (tertiary/aromatic N) is 3. The van der Waals surface area contributed by atoms with Crippen molar-refractivity contribution in [2.24, 2.45) is 0 Å². The number of carbonyl (C=O) groups excluding carboxylic acids is 1. The van der Waals surface area contributed by atoms with E-state index in [2.05, 4.69) is 20.6 Å².